The predicted octanol–water partition coefficient (Wildman–Crippen LogP) is 1.35. The van der Waals surface area contributed by atoms with E-state index in [1.807, 2.05) is 4.90 Å². The quantitative estimate of drug-likeness (QED) is 0.814. The average molecular weight is 374 g/mol. The van der Waals surface area contributed by atoms with E-state index in [4.69, 9.17) is 5.73 Å². The van der Waals surface area contributed by atoms with E-state index in [0.29, 0.717) is 43.2 Å². The van der Waals surface area contributed by atoms with Crippen molar-refractivity contribution in [2.24, 2.45) is 0 Å². The van der Waals surface area contributed by atoms with Crippen molar-refractivity contribution in [2.45, 2.75) is 32.7 Å². The maximum absolute atomic E-state index is 12.5. The van der Waals surface area contributed by atoms with E-state index in [2.05, 4.69) is 11.1 Å². The first-order valence-corrected chi connectivity index (χ1v) is 8.82. The Labute approximate surface area is 159 Å². The number of nitriles is 1. The Bertz CT molecular complexity index is 744. The van der Waals surface area contributed by atoms with Crippen molar-refractivity contribution in [2.75, 3.05) is 43.4 Å². The van der Waals surface area contributed by atoms with Gasteiger partial charge >= 0.3 is 6.09 Å². The molecular weight excluding hydrogens is 348 g/mol. The monoisotopic (exact) mass is 374 g/mol. The number of nitrogens with two attached hydrogens (primary N) is 1. The van der Waals surface area contributed by atoms with Crippen LogP contribution in [0.3, 0.4) is 0 Å². The number of rotatable bonds is 4. The van der Waals surface area contributed by atoms with Crippen LogP contribution in [-0.4, -0.2) is 70.2 Å². The van der Waals surface area contributed by atoms with Gasteiger partial charge in [-0.3, -0.25) is 4.79 Å². The summed E-state index contributed by atoms with van der Waals surface area (Å²) in [6.07, 6.45) is 0.631. The van der Waals surface area contributed by atoms with Crippen molar-refractivity contribution in [1.29, 1.82) is 5.26 Å². The lowest BCUT2D eigenvalue weighted by Gasteiger charge is -2.37. The van der Waals surface area contributed by atoms with Crippen molar-refractivity contribution < 1.29 is 14.7 Å². The second kappa shape index (κ2) is 8.12. The number of hydrogen-bond acceptors (Lipinski definition) is 6. The van der Waals surface area contributed by atoms with Gasteiger partial charge in [-0.15, -0.1) is 0 Å². The van der Waals surface area contributed by atoms with Crippen molar-refractivity contribution in [1.82, 2.24) is 14.8 Å². The molecule has 2 heterocycles. The van der Waals surface area contributed by atoms with Gasteiger partial charge in [0.15, 0.2) is 0 Å². The maximum Gasteiger partial charge on any atom is 0.407 e. The molecule has 0 spiro atoms. The summed E-state index contributed by atoms with van der Waals surface area (Å²) in [7, 11) is 0. The molecule has 9 nitrogen and oxygen atoms in total. The average Bonchev–Trinajstić information content (AvgIpc) is 2.60. The molecule has 1 aliphatic heterocycles. The Morgan fingerprint density at radius 1 is 1.33 bits per heavy atom. The second-order valence-electron chi connectivity index (χ2n) is 7.47. The molecule has 3 N–H and O–H groups in total. The van der Waals surface area contributed by atoms with Gasteiger partial charge in [-0.25, -0.2) is 9.78 Å². The number of nitrogen functional groups attached to an aromatic ring is 1. The maximum atomic E-state index is 12.5. The molecule has 27 heavy (non-hydrogen) atoms. The van der Waals surface area contributed by atoms with Gasteiger partial charge in [0.25, 0.3) is 0 Å². The lowest BCUT2D eigenvalue weighted by molar-refractivity contribution is -0.131. The molecule has 1 saturated heterocycles. The zero-order chi connectivity index (χ0) is 20.2. The molecule has 9 heteroatoms. The molecule has 1 aromatic rings. The Morgan fingerprint density at radius 2 is 1.96 bits per heavy atom. The van der Waals surface area contributed by atoms with Gasteiger partial charge in [0.05, 0.1) is 17.4 Å². The summed E-state index contributed by atoms with van der Waals surface area (Å²) >= 11 is 0. The van der Waals surface area contributed by atoms with Crippen molar-refractivity contribution in [3.05, 3.63) is 17.8 Å². The van der Waals surface area contributed by atoms with E-state index in [9.17, 15) is 20.0 Å². The molecule has 0 atom stereocenters. The summed E-state index contributed by atoms with van der Waals surface area (Å²) < 4.78 is 0. The standard InChI is InChI=1S/C18H26N6O3/c1-18(2,3)24(17(26)27)5-4-15(25)22-6-8-23(9-7-22)16-13(11-19)10-14(20)12-21-16/h10,12H,4-9,20H2,1-3H3,(H,26,27). The molecule has 0 aliphatic carbocycles. The number of piperazine rings is 1. The number of amides is 2. The number of carboxylic acid groups (broad SMARTS) is 1. The number of nitrogens with zero attached hydrogens (tertiary/aromatic N) is 5. The number of anilines is 2. The Hall–Kier alpha value is -3.02. The van der Waals surface area contributed by atoms with Crippen LogP contribution in [0.25, 0.3) is 0 Å². The van der Waals surface area contributed by atoms with E-state index in [1.165, 1.54) is 11.1 Å². The molecule has 1 aromatic heterocycles. The highest BCUT2D eigenvalue weighted by Crippen LogP contribution is 2.21. The van der Waals surface area contributed by atoms with Crippen LogP contribution >= 0.6 is 0 Å². The largest absolute Gasteiger partial charge is 0.465 e. The molecule has 0 bridgehead atoms. The molecule has 0 radical (unpaired) electrons. The summed E-state index contributed by atoms with van der Waals surface area (Å²) in [5.74, 6) is 0.500. The fourth-order valence-corrected chi connectivity index (χ4v) is 3.06. The Balaban J connectivity index is 1.93. The lowest BCUT2D eigenvalue weighted by atomic mass is 10.1. The summed E-state index contributed by atoms with van der Waals surface area (Å²) in [6, 6.07) is 3.69. The Morgan fingerprint density at radius 3 is 2.48 bits per heavy atom. The zero-order valence-corrected chi connectivity index (χ0v) is 16.0. The number of carbonyl (C=O) groups excluding carboxylic acids is 1. The minimum atomic E-state index is -1.03. The molecular formula is C18H26N6O3. The van der Waals surface area contributed by atoms with E-state index in [1.54, 1.807) is 31.7 Å². The molecule has 146 valence electrons. The fourth-order valence-electron chi connectivity index (χ4n) is 3.06. The molecule has 0 unspecified atom stereocenters. The van der Waals surface area contributed by atoms with Crippen LogP contribution in [0.5, 0.6) is 0 Å². The van der Waals surface area contributed by atoms with E-state index in [0.717, 1.165) is 0 Å². The van der Waals surface area contributed by atoms with Crippen LogP contribution in [0.15, 0.2) is 12.3 Å². The van der Waals surface area contributed by atoms with Gasteiger partial charge in [0.1, 0.15) is 11.9 Å². The minimum absolute atomic E-state index is 0.0732. The van der Waals surface area contributed by atoms with Crippen LogP contribution in [0, 0.1) is 11.3 Å². The first-order valence-electron chi connectivity index (χ1n) is 8.82. The smallest absolute Gasteiger partial charge is 0.407 e. The molecule has 2 rings (SSSR count). The van der Waals surface area contributed by atoms with Crippen molar-refractivity contribution in [3.63, 3.8) is 0 Å². The van der Waals surface area contributed by atoms with Gasteiger partial charge in [-0.2, -0.15) is 5.26 Å². The number of hydrogen-bond donors (Lipinski definition) is 2. The van der Waals surface area contributed by atoms with Gasteiger partial charge in [0.2, 0.25) is 5.91 Å². The van der Waals surface area contributed by atoms with Crippen LogP contribution in [0.4, 0.5) is 16.3 Å². The van der Waals surface area contributed by atoms with Crippen LogP contribution in [0.1, 0.15) is 32.8 Å². The highest BCUT2D eigenvalue weighted by Gasteiger charge is 2.28. The number of aromatic nitrogens is 1. The normalized spacial score (nSPS) is 14.6. The molecule has 1 aliphatic rings. The Kier molecular flexibility index (Phi) is 6.10. The van der Waals surface area contributed by atoms with Crippen LogP contribution in [-0.2, 0) is 4.79 Å². The van der Waals surface area contributed by atoms with Gasteiger partial charge in [0, 0.05) is 44.7 Å². The number of pyridine rings is 1. The topological polar surface area (TPSA) is 127 Å². The van der Waals surface area contributed by atoms with Crippen molar-refractivity contribution >= 4 is 23.5 Å². The van der Waals surface area contributed by atoms with Crippen LogP contribution in [0.2, 0.25) is 0 Å². The predicted molar refractivity (Wildman–Crippen MR) is 101 cm³/mol. The van der Waals surface area contributed by atoms with Gasteiger partial charge < -0.3 is 25.5 Å². The third-order valence-electron chi connectivity index (χ3n) is 4.53. The highest BCUT2D eigenvalue weighted by atomic mass is 16.4. The van der Waals surface area contributed by atoms with E-state index >= 15 is 0 Å². The zero-order valence-electron chi connectivity index (χ0n) is 16.0. The third kappa shape index (κ3) is 5.00. The van der Waals surface area contributed by atoms with E-state index in [-0.39, 0.29) is 18.9 Å². The second-order valence-corrected chi connectivity index (χ2v) is 7.47. The number of carbonyl (C=O) groups is 2. The SMILES string of the molecule is CC(C)(C)N(CCC(=O)N1CCN(c2ncc(N)cc2C#N)CC1)C(=O)O. The first-order chi connectivity index (χ1) is 12.6. The lowest BCUT2D eigenvalue weighted by Crippen LogP contribution is -2.51. The summed E-state index contributed by atoms with van der Waals surface area (Å²) in [5.41, 5.74) is 5.97. The minimum Gasteiger partial charge on any atom is -0.465 e. The molecule has 0 aromatic carbocycles. The summed E-state index contributed by atoms with van der Waals surface area (Å²) in [4.78, 5) is 33.0. The molecule has 0 saturated carbocycles. The third-order valence-corrected chi connectivity index (χ3v) is 4.53. The van der Waals surface area contributed by atoms with Gasteiger partial charge in [-0.05, 0) is 26.8 Å². The van der Waals surface area contributed by atoms with Gasteiger partial charge in [-0.1, -0.05) is 0 Å². The molecule has 1 fully saturated rings. The highest BCUT2D eigenvalue weighted by molar-refractivity contribution is 5.77. The summed E-state index contributed by atoms with van der Waals surface area (Å²) in [5, 5.41) is 18.6. The van der Waals surface area contributed by atoms with Crippen LogP contribution < -0.4 is 10.6 Å². The fraction of sp³-hybridized carbons (Fsp3) is 0.556. The molecule has 2 amide bonds. The van der Waals surface area contributed by atoms with Crippen molar-refractivity contribution in [3.8, 4) is 6.07 Å². The summed E-state index contributed by atoms with van der Waals surface area (Å²) in [6.45, 7) is 7.68. The van der Waals surface area contributed by atoms with E-state index < -0.39 is 11.6 Å². The first kappa shape index (κ1) is 20.3.